The highest BCUT2D eigenvalue weighted by molar-refractivity contribution is 5.92. The van der Waals surface area contributed by atoms with E-state index in [9.17, 15) is 4.79 Å². The van der Waals surface area contributed by atoms with Gasteiger partial charge in [-0.05, 0) is 19.0 Å². The van der Waals surface area contributed by atoms with Gasteiger partial charge in [-0.1, -0.05) is 49.3 Å². The summed E-state index contributed by atoms with van der Waals surface area (Å²) in [4.78, 5) is 14.8. The Labute approximate surface area is 143 Å². The predicted octanol–water partition coefficient (Wildman–Crippen LogP) is 3.02. The van der Waals surface area contributed by atoms with Crippen molar-refractivity contribution >= 4 is 5.91 Å². The summed E-state index contributed by atoms with van der Waals surface area (Å²) < 4.78 is 5.31. The number of aromatic nitrogens is 1. The third-order valence-corrected chi connectivity index (χ3v) is 4.91. The van der Waals surface area contributed by atoms with Crippen LogP contribution < -0.4 is 5.32 Å². The van der Waals surface area contributed by atoms with E-state index in [1.807, 2.05) is 18.2 Å². The zero-order chi connectivity index (χ0) is 17.1. The molecule has 5 nitrogen and oxygen atoms in total. The quantitative estimate of drug-likeness (QED) is 0.917. The first-order valence-corrected chi connectivity index (χ1v) is 8.59. The van der Waals surface area contributed by atoms with Gasteiger partial charge in [0.25, 0.3) is 5.91 Å². The molecule has 1 aliphatic heterocycles. The van der Waals surface area contributed by atoms with Crippen molar-refractivity contribution in [3.8, 4) is 0 Å². The number of amides is 1. The van der Waals surface area contributed by atoms with Gasteiger partial charge in [0.05, 0.1) is 0 Å². The van der Waals surface area contributed by atoms with Gasteiger partial charge in [-0.2, -0.15) is 0 Å². The first kappa shape index (κ1) is 16.7. The number of carbonyl (C=O) groups is 1. The number of benzene rings is 1. The highest BCUT2D eigenvalue weighted by Crippen LogP contribution is 2.27. The van der Waals surface area contributed by atoms with Crippen LogP contribution in [-0.2, 0) is 0 Å². The van der Waals surface area contributed by atoms with Crippen LogP contribution in [0.5, 0.6) is 0 Å². The fourth-order valence-corrected chi connectivity index (χ4v) is 3.26. The molecule has 24 heavy (non-hydrogen) atoms. The van der Waals surface area contributed by atoms with E-state index in [0.29, 0.717) is 11.6 Å². The lowest BCUT2D eigenvalue weighted by molar-refractivity contribution is 0.0926. The number of hydrogen-bond donors (Lipinski definition) is 1. The minimum absolute atomic E-state index is 0.0775. The number of rotatable bonds is 5. The summed E-state index contributed by atoms with van der Waals surface area (Å²) in [6.45, 7) is 5.93. The number of hydrogen-bond acceptors (Lipinski definition) is 4. The highest BCUT2D eigenvalue weighted by Gasteiger charge is 2.33. The molecule has 5 heteroatoms. The Morgan fingerprint density at radius 3 is 2.83 bits per heavy atom. The van der Waals surface area contributed by atoms with Gasteiger partial charge in [-0.25, -0.2) is 0 Å². The second-order valence-corrected chi connectivity index (χ2v) is 6.74. The minimum atomic E-state index is -0.158. The summed E-state index contributed by atoms with van der Waals surface area (Å²) in [5.41, 5.74) is 1.62. The van der Waals surface area contributed by atoms with Crippen LogP contribution in [0.3, 0.4) is 0 Å². The van der Waals surface area contributed by atoms with E-state index in [0.717, 1.165) is 25.3 Å². The van der Waals surface area contributed by atoms with E-state index < -0.39 is 0 Å². The molecule has 2 aromatic rings. The summed E-state index contributed by atoms with van der Waals surface area (Å²) in [5, 5.41) is 7.08. The number of nitrogens with zero attached hydrogens (tertiary/aromatic N) is 2. The Morgan fingerprint density at radius 1 is 1.38 bits per heavy atom. The van der Waals surface area contributed by atoms with Crippen molar-refractivity contribution in [2.24, 2.45) is 0 Å². The summed E-state index contributed by atoms with van der Waals surface area (Å²) in [7, 11) is 2.08. The van der Waals surface area contributed by atoms with Crippen molar-refractivity contribution in [1.29, 1.82) is 0 Å². The normalized spacial score (nSPS) is 22.5. The van der Waals surface area contributed by atoms with Gasteiger partial charge < -0.3 is 14.7 Å². The Bertz CT molecular complexity index is 683. The first-order chi connectivity index (χ1) is 11.6. The molecular weight excluding hydrogens is 302 g/mol. The SMILES string of the molecule is CCC(C)c1cc(C(=O)NC2CN(C)C[C@H]2c2ccccc2)no1. The smallest absolute Gasteiger partial charge is 0.273 e. The van der Waals surface area contributed by atoms with Crippen LogP contribution in [0.4, 0.5) is 0 Å². The molecule has 1 aromatic carbocycles. The van der Waals surface area contributed by atoms with Crippen molar-refractivity contribution in [3.05, 3.63) is 53.4 Å². The van der Waals surface area contributed by atoms with Crippen LogP contribution in [0.2, 0.25) is 0 Å². The molecule has 2 unspecified atom stereocenters. The fraction of sp³-hybridized carbons (Fsp3) is 0.474. The lowest BCUT2D eigenvalue weighted by Gasteiger charge is -2.19. The molecule has 128 valence electrons. The Kier molecular flexibility index (Phi) is 5.00. The van der Waals surface area contributed by atoms with E-state index in [4.69, 9.17) is 4.52 Å². The van der Waals surface area contributed by atoms with Crippen molar-refractivity contribution in [3.63, 3.8) is 0 Å². The van der Waals surface area contributed by atoms with Crippen molar-refractivity contribution < 1.29 is 9.32 Å². The van der Waals surface area contributed by atoms with E-state index in [1.54, 1.807) is 6.07 Å². The maximum atomic E-state index is 12.6. The molecule has 3 atom stereocenters. The summed E-state index contributed by atoms with van der Waals surface area (Å²) in [6, 6.07) is 12.2. The summed E-state index contributed by atoms with van der Waals surface area (Å²) in [6.07, 6.45) is 0.958. The van der Waals surface area contributed by atoms with Gasteiger partial charge in [0.1, 0.15) is 5.76 Å². The van der Waals surface area contributed by atoms with Gasteiger partial charge >= 0.3 is 0 Å². The van der Waals surface area contributed by atoms with Gasteiger partial charge in [-0.15, -0.1) is 0 Å². The second-order valence-electron chi connectivity index (χ2n) is 6.74. The van der Waals surface area contributed by atoms with Crippen molar-refractivity contribution in [2.45, 2.75) is 38.1 Å². The van der Waals surface area contributed by atoms with E-state index in [2.05, 4.69) is 48.4 Å². The molecule has 0 spiro atoms. The average molecular weight is 327 g/mol. The fourth-order valence-electron chi connectivity index (χ4n) is 3.26. The van der Waals surface area contributed by atoms with Gasteiger partial charge in [0.2, 0.25) is 0 Å². The van der Waals surface area contributed by atoms with Crippen LogP contribution >= 0.6 is 0 Å². The molecule has 0 bridgehead atoms. The lowest BCUT2D eigenvalue weighted by Crippen LogP contribution is -2.39. The molecule has 3 rings (SSSR count). The van der Waals surface area contributed by atoms with E-state index in [1.165, 1.54) is 5.56 Å². The molecule has 0 aliphatic carbocycles. The standard InChI is InChI=1S/C19H25N3O2/c1-4-13(2)18-10-16(21-24-18)19(23)20-17-12-22(3)11-15(17)14-8-6-5-7-9-14/h5-10,13,15,17H,4,11-12H2,1-3H3,(H,20,23)/t13?,15-,17?/m0/s1. The van der Waals surface area contributed by atoms with Crippen LogP contribution in [0.1, 0.15) is 53.9 Å². The predicted molar refractivity (Wildman–Crippen MR) is 93.1 cm³/mol. The number of carbonyl (C=O) groups excluding carboxylic acids is 1. The molecule has 0 saturated carbocycles. The molecule has 1 amide bonds. The zero-order valence-corrected chi connectivity index (χ0v) is 14.5. The Balaban J connectivity index is 1.71. The monoisotopic (exact) mass is 327 g/mol. The lowest BCUT2D eigenvalue weighted by atomic mass is 9.94. The third kappa shape index (κ3) is 3.51. The van der Waals surface area contributed by atoms with Crippen LogP contribution in [0, 0.1) is 0 Å². The number of nitrogens with one attached hydrogen (secondary N) is 1. The number of likely N-dealkylation sites (tertiary alicyclic amines) is 1. The van der Waals surface area contributed by atoms with Crippen LogP contribution in [-0.4, -0.2) is 42.1 Å². The summed E-state index contributed by atoms with van der Waals surface area (Å²) >= 11 is 0. The third-order valence-electron chi connectivity index (χ3n) is 4.91. The molecule has 1 aromatic heterocycles. The van der Waals surface area contributed by atoms with Crippen LogP contribution in [0.15, 0.2) is 40.9 Å². The molecule has 1 N–H and O–H groups in total. The second kappa shape index (κ2) is 7.18. The average Bonchev–Trinajstić information content (AvgIpc) is 3.22. The maximum absolute atomic E-state index is 12.6. The molecule has 1 aliphatic rings. The molecule has 1 saturated heterocycles. The zero-order valence-electron chi connectivity index (χ0n) is 14.5. The topological polar surface area (TPSA) is 58.4 Å². The minimum Gasteiger partial charge on any atom is -0.360 e. The van der Waals surface area contributed by atoms with Crippen LogP contribution in [0.25, 0.3) is 0 Å². The van der Waals surface area contributed by atoms with Crippen molar-refractivity contribution in [2.75, 3.05) is 20.1 Å². The van der Waals surface area contributed by atoms with Gasteiger partial charge in [-0.3, -0.25) is 4.79 Å². The Hall–Kier alpha value is -2.14. The maximum Gasteiger partial charge on any atom is 0.273 e. The molecule has 0 radical (unpaired) electrons. The largest absolute Gasteiger partial charge is 0.360 e. The van der Waals surface area contributed by atoms with Gasteiger partial charge in [0, 0.05) is 37.0 Å². The molecular formula is C19H25N3O2. The first-order valence-electron chi connectivity index (χ1n) is 8.59. The number of likely N-dealkylation sites (N-methyl/N-ethyl adjacent to an activating group) is 1. The van der Waals surface area contributed by atoms with Crippen molar-refractivity contribution in [1.82, 2.24) is 15.4 Å². The molecule has 1 fully saturated rings. The highest BCUT2D eigenvalue weighted by atomic mass is 16.5. The Morgan fingerprint density at radius 2 is 2.12 bits per heavy atom. The van der Waals surface area contributed by atoms with Gasteiger partial charge in [0.15, 0.2) is 5.69 Å². The van der Waals surface area contributed by atoms with E-state index in [-0.39, 0.29) is 17.9 Å². The van der Waals surface area contributed by atoms with E-state index >= 15 is 0 Å². The molecule has 2 heterocycles. The summed E-state index contributed by atoms with van der Waals surface area (Å²) in [5.74, 6) is 1.18.